The SMILES string of the molecule is CCC(=O)N1CCc2ccc(NS(=O)(=O)c3ccc(NC(C)=O)cc3)cc2C1. The summed E-state index contributed by atoms with van der Waals surface area (Å²) in [6, 6.07) is 11.4. The topological polar surface area (TPSA) is 95.6 Å². The molecular formula is C20H23N3O4S. The van der Waals surface area contributed by atoms with E-state index in [4.69, 9.17) is 0 Å². The average Bonchev–Trinajstić information content (AvgIpc) is 2.66. The molecule has 28 heavy (non-hydrogen) atoms. The van der Waals surface area contributed by atoms with Crippen molar-refractivity contribution in [3.8, 4) is 0 Å². The highest BCUT2D eigenvalue weighted by Gasteiger charge is 2.21. The van der Waals surface area contributed by atoms with Crippen LogP contribution in [0.1, 0.15) is 31.4 Å². The summed E-state index contributed by atoms with van der Waals surface area (Å²) in [5, 5.41) is 2.60. The molecule has 2 amide bonds. The van der Waals surface area contributed by atoms with E-state index >= 15 is 0 Å². The van der Waals surface area contributed by atoms with Gasteiger partial charge in [-0.05, 0) is 53.9 Å². The third-order valence-electron chi connectivity index (χ3n) is 4.61. The zero-order chi connectivity index (χ0) is 20.3. The zero-order valence-corrected chi connectivity index (χ0v) is 16.7. The smallest absolute Gasteiger partial charge is 0.261 e. The van der Waals surface area contributed by atoms with Crippen LogP contribution in [0.2, 0.25) is 0 Å². The standard InChI is InChI=1S/C20H23N3O4S/c1-3-20(25)23-11-10-15-4-5-18(12-16(15)13-23)22-28(26,27)19-8-6-17(7-9-19)21-14(2)24/h4-9,12,22H,3,10-11,13H2,1-2H3,(H,21,24). The maximum atomic E-state index is 12.7. The Bertz CT molecular complexity index is 1000. The molecule has 8 heteroatoms. The van der Waals surface area contributed by atoms with Crippen molar-refractivity contribution in [2.24, 2.45) is 0 Å². The van der Waals surface area contributed by atoms with Crippen molar-refractivity contribution in [2.75, 3.05) is 16.6 Å². The van der Waals surface area contributed by atoms with Gasteiger partial charge < -0.3 is 10.2 Å². The summed E-state index contributed by atoms with van der Waals surface area (Å²) in [5.74, 6) is -0.130. The fraction of sp³-hybridized carbons (Fsp3) is 0.300. The van der Waals surface area contributed by atoms with Crippen LogP contribution in [0.4, 0.5) is 11.4 Å². The lowest BCUT2D eigenvalue weighted by Crippen LogP contribution is -2.35. The number of anilines is 2. The van der Waals surface area contributed by atoms with E-state index in [2.05, 4.69) is 10.0 Å². The summed E-state index contributed by atoms with van der Waals surface area (Å²) in [5.41, 5.74) is 3.06. The summed E-state index contributed by atoms with van der Waals surface area (Å²) in [4.78, 5) is 24.9. The molecule has 0 unspecified atom stereocenters. The highest BCUT2D eigenvalue weighted by Crippen LogP contribution is 2.25. The number of carbonyl (C=O) groups excluding carboxylic acids is 2. The molecule has 2 aromatic carbocycles. The lowest BCUT2D eigenvalue weighted by Gasteiger charge is -2.29. The second-order valence-electron chi connectivity index (χ2n) is 6.71. The van der Waals surface area contributed by atoms with E-state index in [9.17, 15) is 18.0 Å². The molecule has 0 saturated heterocycles. The minimum Gasteiger partial charge on any atom is -0.338 e. The van der Waals surface area contributed by atoms with Crippen molar-refractivity contribution >= 4 is 33.2 Å². The predicted octanol–water partition coefficient (Wildman–Crippen LogP) is 2.74. The van der Waals surface area contributed by atoms with Crippen LogP contribution in [-0.2, 0) is 32.6 Å². The van der Waals surface area contributed by atoms with Gasteiger partial charge in [0.05, 0.1) is 4.90 Å². The molecule has 1 aliphatic rings. The number of nitrogens with one attached hydrogen (secondary N) is 2. The fourth-order valence-electron chi connectivity index (χ4n) is 3.19. The van der Waals surface area contributed by atoms with Gasteiger partial charge in [-0.2, -0.15) is 0 Å². The van der Waals surface area contributed by atoms with Crippen LogP contribution < -0.4 is 10.0 Å². The Hall–Kier alpha value is -2.87. The van der Waals surface area contributed by atoms with E-state index < -0.39 is 10.0 Å². The molecule has 0 aromatic heterocycles. The molecule has 0 spiro atoms. The first-order valence-corrected chi connectivity index (χ1v) is 10.6. The van der Waals surface area contributed by atoms with Crippen molar-refractivity contribution in [1.29, 1.82) is 0 Å². The molecule has 0 aliphatic carbocycles. The summed E-state index contributed by atoms with van der Waals surface area (Å²) < 4.78 is 27.9. The van der Waals surface area contributed by atoms with Crippen LogP contribution in [0.3, 0.4) is 0 Å². The first-order valence-electron chi connectivity index (χ1n) is 9.08. The Morgan fingerprint density at radius 3 is 2.36 bits per heavy atom. The molecule has 2 aromatic rings. The molecule has 0 saturated carbocycles. The largest absolute Gasteiger partial charge is 0.338 e. The summed E-state index contributed by atoms with van der Waals surface area (Å²) in [6.45, 7) is 4.39. The van der Waals surface area contributed by atoms with E-state index in [1.54, 1.807) is 17.0 Å². The van der Waals surface area contributed by atoms with E-state index in [1.807, 2.05) is 13.0 Å². The van der Waals surface area contributed by atoms with Gasteiger partial charge in [0, 0.05) is 37.8 Å². The number of amides is 2. The number of sulfonamides is 1. The summed E-state index contributed by atoms with van der Waals surface area (Å²) in [7, 11) is -3.76. The van der Waals surface area contributed by atoms with Crippen molar-refractivity contribution < 1.29 is 18.0 Å². The molecule has 0 radical (unpaired) electrons. The highest BCUT2D eigenvalue weighted by molar-refractivity contribution is 7.92. The Morgan fingerprint density at radius 2 is 1.71 bits per heavy atom. The Labute approximate surface area is 164 Å². The van der Waals surface area contributed by atoms with Gasteiger partial charge >= 0.3 is 0 Å². The van der Waals surface area contributed by atoms with E-state index in [0.29, 0.717) is 30.9 Å². The van der Waals surface area contributed by atoms with Crippen molar-refractivity contribution in [3.05, 3.63) is 53.6 Å². The lowest BCUT2D eigenvalue weighted by molar-refractivity contribution is -0.131. The molecule has 0 fully saturated rings. The van der Waals surface area contributed by atoms with Crippen LogP contribution in [0.15, 0.2) is 47.4 Å². The van der Waals surface area contributed by atoms with Crippen molar-refractivity contribution in [2.45, 2.75) is 38.1 Å². The van der Waals surface area contributed by atoms with Gasteiger partial charge in [0.25, 0.3) is 10.0 Å². The van der Waals surface area contributed by atoms with Crippen LogP contribution >= 0.6 is 0 Å². The van der Waals surface area contributed by atoms with Gasteiger partial charge in [-0.3, -0.25) is 14.3 Å². The maximum absolute atomic E-state index is 12.7. The van der Waals surface area contributed by atoms with Crippen molar-refractivity contribution in [3.63, 3.8) is 0 Å². The van der Waals surface area contributed by atoms with Crippen LogP contribution in [-0.4, -0.2) is 31.7 Å². The second-order valence-corrected chi connectivity index (χ2v) is 8.40. The monoisotopic (exact) mass is 401 g/mol. The summed E-state index contributed by atoms with van der Waals surface area (Å²) >= 11 is 0. The molecule has 148 valence electrons. The fourth-order valence-corrected chi connectivity index (χ4v) is 4.24. The number of fused-ring (bicyclic) bond motifs is 1. The molecular weight excluding hydrogens is 378 g/mol. The average molecular weight is 401 g/mol. The van der Waals surface area contributed by atoms with Crippen LogP contribution in [0.25, 0.3) is 0 Å². The van der Waals surface area contributed by atoms with E-state index in [0.717, 1.165) is 17.5 Å². The van der Waals surface area contributed by atoms with Gasteiger partial charge in [-0.15, -0.1) is 0 Å². The Morgan fingerprint density at radius 1 is 1.04 bits per heavy atom. The molecule has 7 nitrogen and oxygen atoms in total. The number of rotatable bonds is 5. The van der Waals surface area contributed by atoms with Crippen LogP contribution in [0.5, 0.6) is 0 Å². The third-order valence-corrected chi connectivity index (χ3v) is 6.01. The molecule has 0 bridgehead atoms. The van der Waals surface area contributed by atoms with Crippen molar-refractivity contribution in [1.82, 2.24) is 4.90 Å². The minimum absolute atomic E-state index is 0.0934. The molecule has 1 aliphatic heterocycles. The summed E-state index contributed by atoms with van der Waals surface area (Å²) in [6.07, 6.45) is 1.22. The molecule has 1 heterocycles. The number of benzene rings is 2. The van der Waals surface area contributed by atoms with Gasteiger partial charge in [0.2, 0.25) is 11.8 Å². The second kappa shape index (κ2) is 8.02. The third kappa shape index (κ3) is 4.51. The minimum atomic E-state index is -3.76. The Balaban J connectivity index is 1.78. The quantitative estimate of drug-likeness (QED) is 0.805. The van der Waals surface area contributed by atoms with Gasteiger partial charge in [-0.25, -0.2) is 8.42 Å². The van der Waals surface area contributed by atoms with Crippen LogP contribution in [0, 0.1) is 0 Å². The number of nitrogens with zero attached hydrogens (tertiary/aromatic N) is 1. The van der Waals surface area contributed by atoms with Gasteiger partial charge in [0.1, 0.15) is 0 Å². The van der Waals surface area contributed by atoms with E-state index in [-0.39, 0.29) is 16.7 Å². The number of carbonyl (C=O) groups is 2. The number of hydrogen-bond donors (Lipinski definition) is 2. The first-order chi connectivity index (χ1) is 13.3. The van der Waals surface area contributed by atoms with Gasteiger partial charge in [-0.1, -0.05) is 13.0 Å². The number of hydrogen-bond acceptors (Lipinski definition) is 4. The first kappa shape index (κ1) is 19.9. The molecule has 3 rings (SSSR count). The molecule has 0 atom stereocenters. The van der Waals surface area contributed by atoms with E-state index in [1.165, 1.54) is 31.2 Å². The highest BCUT2D eigenvalue weighted by atomic mass is 32.2. The normalized spacial score (nSPS) is 13.6. The lowest BCUT2D eigenvalue weighted by atomic mass is 9.99. The molecule has 2 N–H and O–H groups in total. The predicted molar refractivity (Wildman–Crippen MR) is 107 cm³/mol. The Kier molecular flexibility index (Phi) is 5.69. The van der Waals surface area contributed by atoms with Gasteiger partial charge in [0.15, 0.2) is 0 Å². The zero-order valence-electron chi connectivity index (χ0n) is 15.9. The maximum Gasteiger partial charge on any atom is 0.261 e.